The third-order valence-electron chi connectivity index (χ3n) is 6.55. The number of nitrogens with one attached hydrogen (secondary N) is 1. The summed E-state index contributed by atoms with van der Waals surface area (Å²) in [7, 11) is -1.30. The second-order valence-electron chi connectivity index (χ2n) is 9.33. The van der Waals surface area contributed by atoms with Gasteiger partial charge in [0.25, 0.3) is 10.0 Å². The monoisotopic (exact) mass is 601 g/mol. The van der Waals surface area contributed by atoms with Crippen LogP contribution in [-0.2, 0) is 26.2 Å². The Kier molecular flexibility index (Phi) is 11.0. The number of methoxy groups -OCH3 is 2. The molecule has 0 aromatic heterocycles. The van der Waals surface area contributed by atoms with E-state index >= 15 is 0 Å². The fraction of sp³-hybridized carbons (Fsp3) is 0.333. The number of aryl methyl sites for hydroxylation is 1. The van der Waals surface area contributed by atoms with Crippen molar-refractivity contribution in [2.24, 2.45) is 0 Å². The Labute approximate surface area is 247 Å². The van der Waals surface area contributed by atoms with Crippen molar-refractivity contribution in [2.45, 2.75) is 44.7 Å². The van der Waals surface area contributed by atoms with Crippen LogP contribution in [0.25, 0.3) is 0 Å². The molecule has 0 aliphatic rings. The fourth-order valence-corrected chi connectivity index (χ4v) is 5.93. The Morgan fingerprint density at radius 3 is 2.17 bits per heavy atom. The van der Waals surface area contributed by atoms with Gasteiger partial charge in [-0.05, 0) is 68.3 Å². The van der Waals surface area contributed by atoms with Crippen LogP contribution in [0.2, 0.25) is 5.02 Å². The number of likely N-dealkylation sites (N-methyl/N-ethyl adjacent to an activating group) is 1. The van der Waals surface area contributed by atoms with Crippen molar-refractivity contribution in [3.8, 4) is 11.5 Å². The van der Waals surface area contributed by atoms with Gasteiger partial charge in [0.1, 0.15) is 24.1 Å². The first kappa shape index (κ1) is 31.8. The molecule has 0 fully saturated rings. The predicted molar refractivity (Wildman–Crippen MR) is 160 cm³/mol. The molecule has 11 heteroatoms. The van der Waals surface area contributed by atoms with Crippen LogP contribution in [0, 0.1) is 6.92 Å². The van der Waals surface area contributed by atoms with Gasteiger partial charge in [0.15, 0.2) is 0 Å². The van der Waals surface area contributed by atoms with E-state index in [0.29, 0.717) is 18.7 Å². The van der Waals surface area contributed by atoms with Crippen LogP contribution in [0.3, 0.4) is 0 Å². The molecule has 0 aliphatic heterocycles. The number of amides is 2. The molecule has 0 radical (unpaired) electrons. The van der Waals surface area contributed by atoms with Gasteiger partial charge in [-0.15, -0.1) is 0 Å². The maximum atomic E-state index is 14.1. The molecule has 3 aromatic carbocycles. The van der Waals surface area contributed by atoms with Gasteiger partial charge in [-0.25, -0.2) is 8.42 Å². The average molecular weight is 602 g/mol. The van der Waals surface area contributed by atoms with Gasteiger partial charge < -0.3 is 19.7 Å². The molecule has 0 bridgehead atoms. The summed E-state index contributed by atoms with van der Waals surface area (Å²) in [5, 5.41) is 3.05. The zero-order valence-electron chi connectivity index (χ0n) is 23.9. The lowest BCUT2D eigenvalue weighted by Gasteiger charge is -2.33. The van der Waals surface area contributed by atoms with E-state index in [1.165, 1.54) is 30.2 Å². The molecule has 1 N–H and O–H groups in total. The Hall–Kier alpha value is -3.76. The minimum atomic E-state index is -4.26. The van der Waals surface area contributed by atoms with Crippen LogP contribution in [0.5, 0.6) is 11.5 Å². The summed E-state index contributed by atoms with van der Waals surface area (Å²) in [5.41, 5.74) is 1.73. The van der Waals surface area contributed by atoms with Crippen molar-refractivity contribution < 1.29 is 27.5 Å². The first-order valence-electron chi connectivity index (χ1n) is 13.2. The lowest BCUT2D eigenvalue weighted by atomic mass is 10.1. The fourth-order valence-electron chi connectivity index (χ4n) is 4.35. The van der Waals surface area contributed by atoms with Crippen LogP contribution in [-0.4, -0.2) is 58.5 Å². The summed E-state index contributed by atoms with van der Waals surface area (Å²) in [6, 6.07) is 17.2. The van der Waals surface area contributed by atoms with Crippen molar-refractivity contribution in [1.29, 1.82) is 0 Å². The number of ether oxygens (including phenoxy) is 2. The number of sulfonamides is 1. The van der Waals surface area contributed by atoms with Crippen molar-refractivity contribution in [2.75, 3.05) is 31.6 Å². The van der Waals surface area contributed by atoms with Crippen molar-refractivity contribution >= 4 is 39.1 Å². The highest BCUT2D eigenvalue weighted by atomic mass is 35.5. The van der Waals surface area contributed by atoms with Crippen molar-refractivity contribution in [3.05, 3.63) is 82.9 Å². The highest BCUT2D eigenvalue weighted by Gasteiger charge is 2.34. The minimum absolute atomic E-state index is 0.00426. The second kappa shape index (κ2) is 14.2. The van der Waals surface area contributed by atoms with Crippen LogP contribution in [0.15, 0.2) is 71.6 Å². The maximum absolute atomic E-state index is 14.1. The van der Waals surface area contributed by atoms with E-state index in [9.17, 15) is 18.0 Å². The van der Waals surface area contributed by atoms with E-state index in [1.54, 1.807) is 69.5 Å². The summed E-state index contributed by atoms with van der Waals surface area (Å²) in [4.78, 5) is 28.6. The smallest absolute Gasteiger partial charge is 0.264 e. The first-order valence-corrected chi connectivity index (χ1v) is 15.0. The molecule has 0 saturated heterocycles. The number of carbonyl (C=O) groups is 2. The molecular weight excluding hydrogens is 566 g/mol. The number of hydrogen-bond acceptors (Lipinski definition) is 6. The molecule has 0 aliphatic carbocycles. The normalized spacial score (nSPS) is 11.9. The Bertz CT molecular complexity index is 1450. The lowest BCUT2D eigenvalue weighted by molar-refractivity contribution is -0.140. The molecule has 0 heterocycles. The summed E-state index contributed by atoms with van der Waals surface area (Å²) in [6.07, 6.45) is 0.318. The van der Waals surface area contributed by atoms with Crippen molar-refractivity contribution in [3.63, 3.8) is 0 Å². The van der Waals surface area contributed by atoms with Gasteiger partial charge in [-0.3, -0.25) is 13.9 Å². The van der Waals surface area contributed by atoms with Crippen molar-refractivity contribution in [1.82, 2.24) is 10.2 Å². The molecular formula is C30H36ClN3O6S. The Morgan fingerprint density at radius 2 is 1.61 bits per heavy atom. The number of benzene rings is 3. The van der Waals surface area contributed by atoms with E-state index in [2.05, 4.69) is 5.32 Å². The highest BCUT2D eigenvalue weighted by molar-refractivity contribution is 7.92. The highest BCUT2D eigenvalue weighted by Crippen LogP contribution is 2.35. The third-order valence-corrected chi connectivity index (χ3v) is 8.56. The standard InChI is InChI=1S/C30H36ClN3O6S/c1-6-26(30(36)32-7-2)33(19-22-10-13-24(39-4)14-11-22)29(35)20-34(27-18-23(31)12-17-28(27)40-5)41(37,38)25-15-8-21(3)9-16-25/h8-18,26H,6-7,19-20H2,1-5H3,(H,32,36)/t26-/m1/s1. The number of carbonyl (C=O) groups excluding carboxylic acids is 2. The first-order chi connectivity index (χ1) is 19.5. The van der Waals surface area contributed by atoms with Gasteiger partial charge in [-0.1, -0.05) is 48.4 Å². The number of rotatable bonds is 13. The number of anilines is 1. The van der Waals surface area contributed by atoms with E-state index in [0.717, 1.165) is 15.4 Å². The molecule has 220 valence electrons. The molecule has 1 atom stereocenters. The Balaban J connectivity index is 2.12. The summed E-state index contributed by atoms with van der Waals surface area (Å²) in [5.74, 6) is -0.0389. The molecule has 9 nitrogen and oxygen atoms in total. The third kappa shape index (κ3) is 7.71. The summed E-state index contributed by atoms with van der Waals surface area (Å²) >= 11 is 6.28. The summed E-state index contributed by atoms with van der Waals surface area (Å²) in [6.45, 7) is 5.30. The number of hydrogen-bond donors (Lipinski definition) is 1. The molecule has 41 heavy (non-hydrogen) atoms. The minimum Gasteiger partial charge on any atom is -0.497 e. The second-order valence-corrected chi connectivity index (χ2v) is 11.6. The molecule has 0 spiro atoms. The SMILES string of the molecule is CCNC(=O)[C@@H](CC)N(Cc1ccc(OC)cc1)C(=O)CN(c1cc(Cl)ccc1OC)S(=O)(=O)c1ccc(C)cc1. The molecule has 3 aromatic rings. The molecule has 0 unspecified atom stereocenters. The predicted octanol–water partition coefficient (Wildman–Crippen LogP) is 4.80. The van der Waals surface area contributed by atoms with E-state index in [1.807, 2.05) is 6.92 Å². The van der Waals surface area contributed by atoms with Gasteiger partial charge in [0.2, 0.25) is 11.8 Å². The van der Waals surface area contributed by atoms with Gasteiger partial charge in [0.05, 0.1) is 24.8 Å². The van der Waals surface area contributed by atoms with Crippen LogP contribution < -0.4 is 19.1 Å². The van der Waals surface area contributed by atoms with E-state index in [-0.39, 0.29) is 33.8 Å². The number of nitrogens with zero attached hydrogens (tertiary/aromatic N) is 2. The Morgan fingerprint density at radius 1 is 0.951 bits per heavy atom. The van der Waals surface area contributed by atoms with E-state index in [4.69, 9.17) is 21.1 Å². The summed E-state index contributed by atoms with van der Waals surface area (Å²) < 4.78 is 39.8. The zero-order valence-corrected chi connectivity index (χ0v) is 25.5. The largest absolute Gasteiger partial charge is 0.497 e. The average Bonchev–Trinajstić information content (AvgIpc) is 2.96. The maximum Gasteiger partial charge on any atom is 0.264 e. The van der Waals surface area contributed by atoms with Gasteiger partial charge in [-0.2, -0.15) is 0 Å². The van der Waals surface area contributed by atoms with E-state index < -0.39 is 28.5 Å². The van der Waals surface area contributed by atoms with Crippen LogP contribution in [0.1, 0.15) is 31.4 Å². The number of halogens is 1. The van der Waals surface area contributed by atoms with Crippen LogP contribution >= 0.6 is 11.6 Å². The lowest BCUT2D eigenvalue weighted by Crippen LogP contribution is -2.52. The van der Waals surface area contributed by atoms with Crippen LogP contribution in [0.4, 0.5) is 5.69 Å². The molecule has 3 rings (SSSR count). The topological polar surface area (TPSA) is 105 Å². The molecule has 2 amide bonds. The quantitative estimate of drug-likeness (QED) is 0.302. The van der Waals surface area contributed by atoms with Gasteiger partial charge >= 0.3 is 0 Å². The zero-order chi connectivity index (χ0) is 30.2. The van der Waals surface area contributed by atoms with Gasteiger partial charge in [0, 0.05) is 18.1 Å². The molecule has 0 saturated carbocycles.